The van der Waals surface area contributed by atoms with Crippen LogP contribution in [0.3, 0.4) is 0 Å². The van der Waals surface area contributed by atoms with E-state index in [1.54, 1.807) is 30.3 Å². The Bertz CT molecular complexity index is 991. The SMILES string of the molecule is COC(=O)CN1C(=O)N/C(=C/c2cc(Br)ccc2OCc2ccc(Cl)cc2)C1=O. The standard InChI is InChI=1S/C20H16BrClN2O5/c1-28-18(25)10-24-19(26)16(23-20(24)27)9-13-8-14(21)4-7-17(13)29-11-12-2-5-15(22)6-3-12/h2-9H,10-11H2,1H3,(H,23,27)/b16-9+. The fourth-order valence-electron chi connectivity index (χ4n) is 2.57. The van der Waals surface area contributed by atoms with Gasteiger partial charge >= 0.3 is 12.0 Å². The van der Waals surface area contributed by atoms with E-state index in [1.165, 1.54) is 13.2 Å². The van der Waals surface area contributed by atoms with E-state index in [9.17, 15) is 14.4 Å². The number of hydrogen-bond donors (Lipinski definition) is 1. The molecule has 1 heterocycles. The van der Waals surface area contributed by atoms with Crippen molar-refractivity contribution in [2.24, 2.45) is 0 Å². The average Bonchev–Trinajstić information content (AvgIpc) is 2.96. The molecule has 1 N–H and O–H groups in total. The van der Waals surface area contributed by atoms with Gasteiger partial charge < -0.3 is 14.8 Å². The Morgan fingerprint density at radius 3 is 2.62 bits per heavy atom. The average molecular weight is 480 g/mol. The quantitative estimate of drug-likeness (QED) is 0.387. The van der Waals surface area contributed by atoms with E-state index in [0.29, 0.717) is 22.9 Å². The molecule has 0 spiro atoms. The lowest BCUT2D eigenvalue weighted by Gasteiger charge is -2.11. The van der Waals surface area contributed by atoms with Crippen molar-refractivity contribution in [3.05, 3.63) is 68.8 Å². The number of ether oxygens (including phenoxy) is 2. The van der Waals surface area contributed by atoms with E-state index in [-0.39, 0.29) is 5.70 Å². The predicted octanol–water partition coefficient (Wildman–Crippen LogP) is 3.75. The van der Waals surface area contributed by atoms with Gasteiger partial charge in [0.1, 0.15) is 24.6 Å². The van der Waals surface area contributed by atoms with Gasteiger partial charge in [0.2, 0.25) is 0 Å². The maximum Gasteiger partial charge on any atom is 0.329 e. The Morgan fingerprint density at radius 2 is 1.93 bits per heavy atom. The molecule has 0 saturated carbocycles. The number of urea groups is 1. The van der Waals surface area contributed by atoms with Crippen LogP contribution >= 0.6 is 27.5 Å². The highest BCUT2D eigenvalue weighted by molar-refractivity contribution is 9.10. The van der Waals surface area contributed by atoms with Crippen molar-refractivity contribution in [2.75, 3.05) is 13.7 Å². The molecule has 0 bridgehead atoms. The van der Waals surface area contributed by atoms with Gasteiger partial charge in [0, 0.05) is 15.1 Å². The number of hydrogen-bond acceptors (Lipinski definition) is 5. The highest BCUT2D eigenvalue weighted by Crippen LogP contribution is 2.27. The summed E-state index contributed by atoms with van der Waals surface area (Å²) in [6.45, 7) is -0.166. The second kappa shape index (κ2) is 9.11. The number of carbonyl (C=O) groups is 3. The molecular formula is C20H16BrClN2O5. The summed E-state index contributed by atoms with van der Waals surface area (Å²) in [4.78, 5) is 36.7. The van der Waals surface area contributed by atoms with Crippen LogP contribution in [0.2, 0.25) is 5.02 Å². The van der Waals surface area contributed by atoms with Gasteiger partial charge in [-0.2, -0.15) is 0 Å². The van der Waals surface area contributed by atoms with Crippen LogP contribution in [0.5, 0.6) is 5.75 Å². The minimum absolute atomic E-state index is 0.0355. The van der Waals surface area contributed by atoms with Crippen molar-refractivity contribution in [1.29, 1.82) is 0 Å². The first-order valence-electron chi connectivity index (χ1n) is 8.45. The molecule has 9 heteroatoms. The third-order valence-corrected chi connectivity index (χ3v) is 4.80. The fraction of sp³-hybridized carbons (Fsp3) is 0.150. The number of nitrogens with zero attached hydrogens (tertiary/aromatic N) is 1. The van der Waals surface area contributed by atoms with Crippen LogP contribution in [0.15, 0.2) is 52.6 Å². The third kappa shape index (κ3) is 5.16. The van der Waals surface area contributed by atoms with Crippen molar-refractivity contribution < 1.29 is 23.9 Å². The molecule has 1 aliphatic rings. The summed E-state index contributed by atoms with van der Waals surface area (Å²) in [7, 11) is 1.18. The molecule has 150 valence electrons. The first-order valence-corrected chi connectivity index (χ1v) is 9.62. The summed E-state index contributed by atoms with van der Waals surface area (Å²) in [5.41, 5.74) is 1.54. The van der Waals surface area contributed by atoms with Crippen molar-refractivity contribution >= 4 is 51.5 Å². The number of carbonyl (C=O) groups excluding carboxylic acids is 3. The van der Waals surface area contributed by atoms with Gasteiger partial charge in [0.05, 0.1) is 7.11 Å². The Kier molecular flexibility index (Phi) is 6.56. The minimum Gasteiger partial charge on any atom is -0.488 e. The molecule has 0 aromatic heterocycles. The number of halogens is 2. The number of rotatable bonds is 6. The Morgan fingerprint density at radius 1 is 1.21 bits per heavy atom. The van der Waals surface area contributed by atoms with Crippen LogP contribution in [-0.2, 0) is 20.9 Å². The van der Waals surface area contributed by atoms with Crippen LogP contribution in [0.1, 0.15) is 11.1 Å². The van der Waals surface area contributed by atoms with E-state index in [4.69, 9.17) is 16.3 Å². The lowest BCUT2D eigenvalue weighted by molar-refractivity contribution is -0.143. The van der Waals surface area contributed by atoms with Crippen LogP contribution < -0.4 is 10.1 Å². The molecule has 3 amide bonds. The van der Waals surface area contributed by atoms with E-state index in [2.05, 4.69) is 26.0 Å². The molecule has 2 aromatic rings. The van der Waals surface area contributed by atoms with E-state index in [1.807, 2.05) is 12.1 Å². The summed E-state index contributed by atoms with van der Waals surface area (Å²) in [6, 6.07) is 11.9. The first kappa shape index (κ1) is 20.9. The number of methoxy groups -OCH3 is 1. The van der Waals surface area contributed by atoms with E-state index in [0.717, 1.165) is 14.9 Å². The summed E-state index contributed by atoms with van der Waals surface area (Å²) in [6.07, 6.45) is 1.50. The van der Waals surface area contributed by atoms with Gasteiger partial charge in [0.25, 0.3) is 5.91 Å². The highest BCUT2D eigenvalue weighted by atomic mass is 79.9. The molecule has 7 nitrogen and oxygen atoms in total. The summed E-state index contributed by atoms with van der Waals surface area (Å²) >= 11 is 9.28. The zero-order chi connectivity index (χ0) is 21.0. The Balaban J connectivity index is 1.82. The van der Waals surface area contributed by atoms with Gasteiger partial charge in [-0.1, -0.05) is 39.7 Å². The Labute approximate surface area is 180 Å². The molecule has 2 aromatic carbocycles. The molecular weight excluding hydrogens is 464 g/mol. The molecule has 1 aliphatic heterocycles. The normalized spacial score (nSPS) is 14.9. The zero-order valence-electron chi connectivity index (χ0n) is 15.3. The largest absolute Gasteiger partial charge is 0.488 e. The lowest BCUT2D eigenvalue weighted by atomic mass is 10.1. The molecule has 3 rings (SSSR count). The number of benzene rings is 2. The molecule has 0 atom stereocenters. The predicted molar refractivity (Wildman–Crippen MR) is 110 cm³/mol. The van der Waals surface area contributed by atoms with Crippen molar-refractivity contribution in [1.82, 2.24) is 10.2 Å². The second-order valence-electron chi connectivity index (χ2n) is 6.05. The maximum atomic E-state index is 12.5. The summed E-state index contributed by atoms with van der Waals surface area (Å²) in [5, 5.41) is 3.10. The van der Waals surface area contributed by atoms with Crippen molar-refractivity contribution in [3.63, 3.8) is 0 Å². The summed E-state index contributed by atoms with van der Waals surface area (Å²) in [5.74, 6) is -0.794. The van der Waals surface area contributed by atoms with Gasteiger partial charge in [-0.3, -0.25) is 9.59 Å². The van der Waals surface area contributed by atoms with Crippen molar-refractivity contribution in [3.8, 4) is 5.75 Å². The van der Waals surface area contributed by atoms with Crippen LogP contribution in [-0.4, -0.2) is 36.5 Å². The maximum absolute atomic E-state index is 12.5. The monoisotopic (exact) mass is 478 g/mol. The number of esters is 1. The number of nitrogens with one attached hydrogen (secondary N) is 1. The van der Waals surface area contributed by atoms with Gasteiger partial charge in [-0.25, -0.2) is 9.69 Å². The molecule has 29 heavy (non-hydrogen) atoms. The van der Waals surface area contributed by atoms with Gasteiger partial charge in [-0.05, 0) is 42.0 Å². The van der Waals surface area contributed by atoms with Crippen molar-refractivity contribution in [2.45, 2.75) is 6.61 Å². The first-order chi connectivity index (χ1) is 13.9. The topological polar surface area (TPSA) is 84.9 Å². The highest BCUT2D eigenvalue weighted by Gasteiger charge is 2.35. The zero-order valence-corrected chi connectivity index (χ0v) is 17.6. The Hall–Kier alpha value is -2.84. The smallest absolute Gasteiger partial charge is 0.329 e. The molecule has 0 radical (unpaired) electrons. The van der Waals surface area contributed by atoms with Gasteiger partial charge in [0.15, 0.2) is 0 Å². The van der Waals surface area contributed by atoms with E-state index >= 15 is 0 Å². The molecule has 1 fully saturated rings. The fourth-order valence-corrected chi connectivity index (χ4v) is 3.07. The number of imide groups is 1. The molecule has 0 unspecified atom stereocenters. The minimum atomic E-state index is -0.691. The van der Waals surface area contributed by atoms with Gasteiger partial charge in [-0.15, -0.1) is 0 Å². The second-order valence-corrected chi connectivity index (χ2v) is 7.40. The number of amides is 3. The van der Waals surface area contributed by atoms with E-state index < -0.39 is 24.5 Å². The molecule has 1 saturated heterocycles. The van der Waals surface area contributed by atoms with Crippen LogP contribution in [0.25, 0.3) is 6.08 Å². The van der Waals surface area contributed by atoms with Crippen LogP contribution in [0.4, 0.5) is 4.79 Å². The lowest BCUT2D eigenvalue weighted by Crippen LogP contribution is -2.36. The molecule has 0 aliphatic carbocycles. The van der Waals surface area contributed by atoms with Crippen LogP contribution in [0, 0.1) is 0 Å². The summed E-state index contributed by atoms with van der Waals surface area (Å²) < 4.78 is 11.2. The third-order valence-electron chi connectivity index (χ3n) is 4.06.